The molecule has 0 atom stereocenters. The van der Waals surface area contributed by atoms with Crippen LogP contribution >= 0.6 is 0 Å². The number of carbonyl (C=O) groups excluding carboxylic acids is 2. The van der Waals surface area contributed by atoms with E-state index in [1.54, 1.807) is 4.90 Å². The minimum Gasteiger partial charge on any atom is -0.469 e. The first-order valence-electron chi connectivity index (χ1n) is 9.61. The largest absolute Gasteiger partial charge is 0.469 e. The van der Waals surface area contributed by atoms with Gasteiger partial charge in [-0.3, -0.25) is 9.69 Å². The smallest absolute Gasteiger partial charge is 0.317 e. The highest BCUT2D eigenvalue weighted by atomic mass is 16.5. The van der Waals surface area contributed by atoms with Crippen LogP contribution in [-0.4, -0.2) is 80.9 Å². The minimum atomic E-state index is -0.274. The number of amides is 2. The molecule has 0 aromatic carbocycles. The van der Waals surface area contributed by atoms with Gasteiger partial charge < -0.3 is 19.7 Å². The van der Waals surface area contributed by atoms with Crippen LogP contribution in [0.25, 0.3) is 0 Å². The van der Waals surface area contributed by atoms with Crippen LogP contribution in [-0.2, 0) is 14.3 Å². The molecule has 1 saturated heterocycles. The maximum Gasteiger partial charge on any atom is 0.317 e. The summed E-state index contributed by atoms with van der Waals surface area (Å²) in [7, 11) is 1.38. The van der Waals surface area contributed by atoms with Gasteiger partial charge in [-0.2, -0.15) is 0 Å². The van der Waals surface area contributed by atoms with E-state index in [-0.39, 0.29) is 24.5 Å². The Kier molecular flexibility index (Phi) is 9.04. The number of rotatable bonds is 8. The lowest BCUT2D eigenvalue weighted by Gasteiger charge is -2.30. The lowest BCUT2D eigenvalue weighted by Crippen LogP contribution is -2.47. The molecule has 7 nitrogen and oxygen atoms in total. The van der Waals surface area contributed by atoms with E-state index in [2.05, 4.69) is 10.2 Å². The highest BCUT2D eigenvalue weighted by Gasteiger charge is 2.21. The zero-order chi connectivity index (χ0) is 17.9. The number of hydrogen-bond acceptors (Lipinski definition) is 5. The summed E-state index contributed by atoms with van der Waals surface area (Å²) in [5, 5.41) is 3.15. The SMILES string of the molecule is COC(=O)CCN(CCCN1CCOCC1)C(=O)NC1CCCCC1. The predicted octanol–water partition coefficient (Wildman–Crippen LogP) is 1.62. The van der Waals surface area contributed by atoms with Crippen LogP contribution in [0.3, 0.4) is 0 Å². The van der Waals surface area contributed by atoms with E-state index in [1.807, 2.05) is 0 Å². The first kappa shape index (κ1) is 20.0. The van der Waals surface area contributed by atoms with Crippen molar-refractivity contribution in [3.8, 4) is 0 Å². The molecule has 144 valence electrons. The van der Waals surface area contributed by atoms with E-state index >= 15 is 0 Å². The third-order valence-corrected chi connectivity index (χ3v) is 5.04. The number of carbonyl (C=O) groups is 2. The quantitative estimate of drug-likeness (QED) is 0.670. The number of urea groups is 1. The standard InChI is InChI=1S/C18H33N3O4/c1-24-17(22)8-11-21(10-5-9-20-12-14-25-15-13-20)18(23)19-16-6-3-2-4-7-16/h16H,2-15H2,1H3,(H,19,23). The Bertz CT molecular complexity index is 407. The predicted molar refractivity (Wildman–Crippen MR) is 95.5 cm³/mol. The molecule has 0 bridgehead atoms. The monoisotopic (exact) mass is 355 g/mol. The van der Waals surface area contributed by atoms with Crippen molar-refractivity contribution < 1.29 is 19.1 Å². The van der Waals surface area contributed by atoms with Crippen LogP contribution in [0.15, 0.2) is 0 Å². The van der Waals surface area contributed by atoms with Gasteiger partial charge in [-0.25, -0.2) is 4.79 Å². The summed E-state index contributed by atoms with van der Waals surface area (Å²) >= 11 is 0. The third-order valence-electron chi connectivity index (χ3n) is 5.04. The molecule has 0 aromatic heterocycles. The van der Waals surface area contributed by atoms with E-state index in [0.29, 0.717) is 13.1 Å². The number of methoxy groups -OCH3 is 1. The van der Waals surface area contributed by atoms with Gasteiger partial charge in [0.05, 0.1) is 26.7 Å². The van der Waals surface area contributed by atoms with Crippen molar-refractivity contribution in [2.75, 3.05) is 53.0 Å². The van der Waals surface area contributed by atoms with Gasteiger partial charge in [-0.15, -0.1) is 0 Å². The van der Waals surface area contributed by atoms with E-state index in [4.69, 9.17) is 9.47 Å². The van der Waals surface area contributed by atoms with Gasteiger partial charge in [0.15, 0.2) is 0 Å². The van der Waals surface area contributed by atoms with Crippen LogP contribution in [0, 0.1) is 0 Å². The van der Waals surface area contributed by atoms with Gasteiger partial charge in [-0.1, -0.05) is 19.3 Å². The molecule has 1 aliphatic heterocycles. The Hall–Kier alpha value is -1.34. The van der Waals surface area contributed by atoms with Gasteiger partial charge in [0.25, 0.3) is 0 Å². The molecule has 0 unspecified atom stereocenters. The van der Waals surface area contributed by atoms with E-state index < -0.39 is 0 Å². The second kappa shape index (κ2) is 11.3. The summed E-state index contributed by atoms with van der Waals surface area (Å²) in [6.07, 6.45) is 6.90. The van der Waals surface area contributed by atoms with Gasteiger partial charge in [-0.05, 0) is 19.3 Å². The molecule has 2 amide bonds. The van der Waals surface area contributed by atoms with Crippen LogP contribution in [0.2, 0.25) is 0 Å². The molecule has 1 aliphatic carbocycles. The third kappa shape index (κ3) is 7.61. The second-order valence-corrected chi connectivity index (χ2v) is 6.91. The summed E-state index contributed by atoms with van der Waals surface area (Å²) in [6, 6.07) is 0.235. The summed E-state index contributed by atoms with van der Waals surface area (Å²) in [6.45, 7) is 5.51. The van der Waals surface area contributed by atoms with Crippen LogP contribution in [0.4, 0.5) is 4.79 Å². The van der Waals surface area contributed by atoms with Crippen LogP contribution < -0.4 is 5.32 Å². The fourth-order valence-electron chi connectivity index (χ4n) is 3.47. The number of ether oxygens (including phenoxy) is 2. The fourth-order valence-corrected chi connectivity index (χ4v) is 3.47. The molecule has 1 heterocycles. The molecule has 1 N–H and O–H groups in total. The zero-order valence-corrected chi connectivity index (χ0v) is 15.5. The van der Waals surface area contributed by atoms with E-state index in [0.717, 1.165) is 52.1 Å². The van der Waals surface area contributed by atoms with Crippen molar-refractivity contribution in [3.63, 3.8) is 0 Å². The maximum absolute atomic E-state index is 12.6. The maximum atomic E-state index is 12.6. The first-order valence-corrected chi connectivity index (χ1v) is 9.61. The van der Waals surface area contributed by atoms with Crippen molar-refractivity contribution in [3.05, 3.63) is 0 Å². The average Bonchev–Trinajstić information content (AvgIpc) is 2.65. The Morgan fingerprint density at radius 3 is 2.56 bits per heavy atom. The summed E-state index contributed by atoms with van der Waals surface area (Å²) in [4.78, 5) is 28.2. The topological polar surface area (TPSA) is 71.1 Å². The van der Waals surface area contributed by atoms with Gasteiger partial charge in [0.2, 0.25) is 0 Å². The molecule has 2 fully saturated rings. The van der Waals surface area contributed by atoms with Crippen LogP contribution in [0.5, 0.6) is 0 Å². The van der Waals surface area contributed by atoms with E-state index in [9.17, 15) is 9.59 Å². The summed E-state index contributed by atoms with van der Waals surface area (Å²) < 4.78 is 10.1. The fraction of sp³-hybridized carbons (Fsp3) is 0.889. The number of nitrogens with zero attached hydrogens (tertiary/aromatic N) is 2. The molecule has 1 saturated carbocycles. The molecule has 25 heavy (non-hydrogen) atoms. The molecule has 0 spiro atoms. The Morgan fingerprint density at radius 1 is 1.16 bits per heavy atom. The number of hydrogen-bond donors (Lipinski definition) is 1. The molecular weight excluding hydrogens is 322 g/mol. The number of nitrogens with one attached hydrogen (secondary N) is 1. The van der Waals surface area contributed by atoms with Crippen molar-refractivity contribution in [1.82, 2.24) is 15.1 Å². The van der Waals surface area contributed by atoms with Crippen molar-refractivity contribution >= 4 is 12.0 Å². The normalized spacial score (nSPS) is 19.4. The average molecular weight is 355 g/mol. The van der Waals surface area contributed by atoms with Gasteiger partial charge in [0.1, 0.15) is 0 Å². The molecule has 2 rings (SSSR count). The van der Waals surface area contributed by atoms with E-state index in [1.165, 1.54) is 26.4 Å². The van der Waals surface area contributed by atoms with Gasteiger partial charge in [0, 0.05) is 38.8 Å². The molecule has 0 radical (unpaired) electrons. The molecule has 7 heteroatoms. The molecule has 2 aliphatic rings. The minimum absolute atomic E-state index is 0.0437. The number of morpholine rings is 1. The Morgan fingerprint density at radius 2 is 1.88 bits per heavy atom. The summed E-state index contributed by atoms with van der Waals surface area (Å²) in [5.41, 5.74) is 0. The zero-order valence-electron chi connectivity index (χ0n) is 15.5. The molecular formula is C18H33N3O4. The van der Waals surface area contributed by atoms with Crippen molar-refractivity contribution in [2.24, 2.45) is 0 Å². The highest BCUT2D eigenvalue weighted by molar-refractivity contribution is 5.76. The highest BCUT2D eigenvalue weighted by Crippen LogP contribution is 2.17. The summed E-state index contributed by atoms with van der Waals surface area (Å²) in [5.74, 6) is -0.274. The van der Waals surface area contributed by atoms with Crippen molar-refractivity contribution in [2.45, 2.75) is 51.0 Å². The number of esters is 1. The lowest BCUT2D eigenvalue weighted by molar-refractivity contribution is -0.140. The van der Waals surface area contributed by atoms with Crippen LogP contribution in [0.1, 0.15) is 44.9 Å². The molecule has 0 aromatic rings. The first-order chi connectivity index (χ1) is 12.2. The second-order valence-electron chi connectivity index (χ2n) is 6.91. The lowest BCUT2D eigenvalue weighted by atomic mass is 9.96. The van der Waals surface area contributed by atoms with Crippen molar-refractivity contribution in [1.29, 1.82) is 0 Å². The Labute approximate surface area is 151 Å². The van der Waals surface area contributed by atoms with Gasteiger partial charge >= 0.3 is 12.0 Å². The Balaban J connectivity index is 1.77.